The van der Waals surface area contributed by atoms with Crippen molar-refractivity contribution in [3.63, 3.8) is 0 Å². The molecule has 0 radical (unpaired) electrons. The molecule has 5 nitrogen and oxygen atoms in total. The lowest BCUT2D eigenvalue weighted by atomic mass is 10.2. The number of likely N-dealkylation sites (N-methyl/N-ethyl adjacent to an activating group) is 1. The van der Waals surface area contributed by atoms with Crippen molar-refractivity contribution in [1.29, 1.82) is 0 Å². The molecule has 0 unspecified atom stereocenters. The number of nitrogens with zero attached hydrogens (tertiary/aromatic N) is 1. The van der Waals surface area contributed by atoms with Crippen LogP contribution >= 0.6 is 0 Å². The molecule has 0 spiro atoms. The molecule has 17 heavy (non-hydrogen) atoms. The molecule has 1 heterocycles. The summed E-state index contributed by atoms with van der Waals surface area (Å²) in [5, 5.41) is 2.77. The monoisotopic (exact) mass is 235 g/mol. The van der Waals surface area contributed by atoms with E-state index in [2.05, 4.69) is 10.2 Å². The number of rotatable bonds is 2. The zero-order valence-electron chi connectivity index (χ0n) is 10.1. The van der Waals surface area contributed by atoms with Gasteiger partial charge in [-0.2, -0.15) is 0 Å². The van der Waals surface area contributed by atoms with Crippen molar-refractivity contribution < 1.29 is 9.53 Å². The molecule has 1 amide bonds. The van der Waals surface area contributed by atoms with Gasteiger partial charge < -0.3 is 20.7 Å². The molecule has 0 aliphatic carbocycles. The predicted octanol–water partition coefficient (Wildman–Crippen LogP) is 0.801. The number of carbonyl (C=O) groups excluding carboxylic acids is 1. The van der Waals surface area contributed by atoms with E-state index in [1.807, 2.05) is 25.2 Å². The van der Waals surface area contributed by atoms with E-state index < -0.39 is 6.04 Å². The molecule has 0 bridgehead atoms. The van der Waals surface area contributed by atoms with Crippen LogP contribution in [0.4, 0.5) is 11.4 Å². The lowest BCUT2D eigenvalue weighted by molar-refractivity contribution is -0.117. The van der Waals surface area contributed by atoms with Crippen LogP contribution in [-0.4, -0.2) is 32.1 Å². The van der Waals surface area contributed by atoms with Crippen molar-refractivity contribution in [2.75, 3.05) is 30.4 Å². The summed E-state index contributed by atoms with van der Waals surface area (Å²) < 4.78 is 5.52. The second-order valence-corrected chi connectivity index (χ2v) is 4.23. The number of ether oxygens (including phenoxy) is 1. The molecular formula is C12H17N3O2. The van der Waals surface area contributed by atoms with Gasteiger partial charge in [0.2, 0.25) is 5.91 Å². The van der Waals surface area contributed by atoms with Crippen LogP contribution in [0.3, 0.4) is 0 Å². The van der Waals surface area contributed by atoms with Gasteiger partial charge in [0.25, 0.3) is 0 Å². The Bertz CT molecular complexity index is 432. The SMILES string of the molecule is C[C@@H](N)C(=O)Nc1ccc2c(c1)N(C)CCO2. The highest BCUT2D eigenvalue weighted by Crippen LogP contribution is 2.33. The fraction of sp³-hybridized carbons (Fsp3) is 0.417. The van der Waals surface area contributed by atoms with Crippen LogP contribution in [0.15, 0.2) is 18.2 Å². The molecule has 1 aromatic rings. The molecule has 0 saturated carbocycles. The molecule has 1 atom stereocenters. The Morgan fingerprint density at radius 1 is 1.59 bits per heavy atom. The summed E-state index contributed by atoms with van der Waals surface area (Å²) in [6, 6.07) is 5.06. The van der Waals surface area contributed by atoms with Gasteiger partial charge in [0, 0.05) is 12.7 Å². The summed E-state index contributed by atoms with van der Waals surface area (Å²) in [5.74, 6) is 0.655. The number of nitrogens with one attached hydrogen (secondary N) is 1. The van der Waals surface area contributed by atoms with Crippen LogP contribution < -0.4 is 20.7 Å². The van der Waals surface area contributed by atoms with Gasteiger partial charge in [0.1, 0.15) is 12.4 Å². The minimum absolute atomic E-state index is 0.190. The van der Waals surface area contributed by atoms with Crippen molar-refractivity contribution >= 4 is 17.3 Å². The highest BCUT2D eigenvalue weighted by Gasteiger charge is 2.16. The van der Waals surface area contributed by atoms with Gasteiger partial charge in [-0.15, -0.1) is 0 Å². The number of hydrogen-bond donors (Lipinski definition) is 2. The van der Waals surface area contributed by atoms with Crippen molar-refractivity contribution in [2.45, 2.75) is 13.0 Å². The normalized spacial score (nSPS) is 15.8. The average molecular weight is 235 g/mol. The Labute approximate surface area is 101 Å². The van der Waals surface area contributed by atoms with Crippen LogP contribution in [0.2, 0.25) is 0 Å². The minimum Gasteiger partial charge on any atom is -0.490 e. The first-order valence-electron chi connectivity index (χ1n) is 5.62. The largest absolute Gasteiger partial charge is 0.490 e. The first-order valence-corrected chi connectivity index (χ1v) is 5.62. The van der Waals surface area contributed by atoms with Crippen molar-refractivity contribution in [3.8, 4) is 5.75 Å². The Kier molecular flexibility index (Phi) is 3.19. The van der Waals surface area contributed by atoms with Gasteiger partial charge in [0.15, 0.2) is 0 Å². The summed E-state index contributed by atoms with van der Waals surface area (Å²) in [6.07, 6.45) is 0. The Morgan fingerprint density at radius 2 is 2.35 bits per heavy atom. The van der Waals surface area contributed by atoms with E-state index in [0.717, 1.165) is 23.7 Å². The molecule has 2 rings (SSSR count). The second-order valence-electron chi connectivity index (χ2n) is 4.23. The topological polar surface area (TPSA) is 67.6 Å². The van der Waals surface area contributed by atoms with Gasteiger partial charge >= 0.3 is 0 Å². The number of anilines is 2. The smallest absolute Gasteiger partial charge is 0.240 e. The van der Waals surface area contributed by atoms with Crippen LogP contribution in [0, 0.1) is 0 Å². The van der Waals surface area contributed by atoms with E-state index in [1.54, 1.807) is 6.92 Å². The zero-order valence-corrected chi connectivity index (χ0v) is 10.1. The van der Waals surface area contributed by atoms with Crippen LogP contribution in [0.25, 0.3) is 0 Å². The highest BCUT2D eigenvalue weighted by molar-refractivity contribution is 5.95. The van der Waals surface area contributed by atoms with Crippen LogP contribution in [0.5, 0.6) is 5.75 Å². The van der Waals surface area contributed by atoms with E-state index in [4.69, 9.17) is 10.5 Å². The summed E-state index contributed by atoms with van der Waals surface area (Å²) >= 11 is 0. The van der Waals surface area contributed by atoms with Crippen molar-refractivity contribution in [2.24, 2.45) is 5.73 Å². The average Bonchev–Trinajstić information content (AvgIpc) is 2.30. The van der Waals surface area contributed by atoms with E-state index >= 15 is 0 Å². The molecule has 0 fully saturated rings. The predicted molar refractivity (Wildman–Crippen MR) is 67.5 cm³/mol. The fourth-order valence-electron chi connectivity index (χ4n) is 1.68. The Morgan fingerprint density at radius 3 is 3.06 bits per heavy atom. The minimum atomic E-state index is -0.514. The van der Waals surface area contributed by atoms with E-state index in [1.165, 1.54) is 0 Å². The number of nitrogens with two attached hydrogens (primary N) is 1. The number of hydrogen-bond acceptors (Lipinski definition) is 4. The van der Waals surface area contributed by atoms with Crippen molar-refractivity contribution in [3.05, 3.63) is 18.2 Å². The first kappa shape index (κ1) is 11.7. The maximum absolute atomic E-state index is 11.5. The van der Waals surface area contributed by atoms with Crippen LogP contribution in [0.1, 0.15) is 6.92 Å². The van der Waals surface area contributed by atoms with Crippen molar-refractivity contribution in [1.82, 2.24) is 0 Å². The fourth-order valence-corrected chi connectivity index (χ4v) is 1.68. The third-order valence-electron chi connectivity index (χ3n) is 2.74. The lowest BCUT2D eigenvalue weighted by Crippen LogP contribution is -2.33. The first-order chi connectivity index (χ1) is 8.08. The van der Waals surface area contributed by atoms with Gasteiger partial charge in [-0.25, -0.2) is 0 Å². The second kappa shape index (κ2) is 4.63. The Hall–Kier alpha value is -1.75. The van der Waals surface area contributed by atoms with E-state index in [0.29, 0.717) is 6.61 Å². The van der Waals surface area contributed by atoms with Gasteiger partial charge in [0.05, 0.1) is 18.3 Å². The molecule has 1 aliphatic heterocycles. The van der Waals surface area contributed by atoms with Crippen LogP contribution in [-0.2, 0) is 4.79 Å². The summed E-state index contributed by atoms with van der Waals surface area (Å²) in [6.45, 7) is 3.19. The molecule has 1 aliphatic rings. The zero-order chi connectivity index (χ0) is 12.4. The molecular weight excluding hydrogens is 218 g/mol. The maximum atomic E-state index is 11.5. The number of benzene rings is 1. The summed E-state index contributed by atoms with van der Waals surface area (Å²) in [5.41, 5.74) is 7.23. The molecule has 5 heteroatoms. The lowest BCUT2D eigenvalue weighted by Gasteiger charge is -2.28. The number of amides is 1. The molecule has 3 N–H and O–H groups in total. The van der Waals surface area contributed by atoms with E-state index in [-0.39, 0.29) is 5.91 Å². The highest BCUT2D eigenvalue weighted by atomic mass is 16.5. The van der Waals surface area contributed by atoms with Gasteiger partial charge in [-0.1, -0.05) is 0 Å². The Balaban J connectivity index is 2.21. The summed E-state index contributed by atoms with van der Waals surface area (Å²) in [4.78, 5) is 13.6. The quantitative estimate of drug-likeness (QED) is 0.795. The number of carbonyl (C=O) groups is 1. The van der Waals surface area contributed by atoms with Gasteiger partial charge in [-0.05, 0) is 25.1 Å². The summed E-state index contributed by atoms with van der Waals surface area (Å²) in [7, 11) is 2.00. The number of fused-ring (bicyclic) bond motifs is 1. The maximum Gasteiger partial charge on any atom is 0.240 e. The molecule has 0 saturated heterocycles. The third kappa shape index (κ3) is 2.50. The molecule has 92 valence electrons. The van der Waals surface area contributed by atoms with E-state index in [9.17, 15) is 4.79 Å². The molecule has 1 aromatic carbocycles. The third-order valence-corrected chi connectivity index (χ3v) is 2.74. The standard InChI is InChI=1S/C12H17N3O2/c1-8(13)12(16)14-9-3-4-11-10(7-9)15(2)5-6-17-11/h3-4,7-8H,5-6,13H2,1-2H3,(H,14,16)/t8-/m1/s1. The molecule has 0 aromatic heterocycles. The van der Waals surface area contributed by atoms with Gasteiger partial charge in [-0.3, -0.25) is 4.79 Å².